The zero-order valence-electron chi connectivity index (χ0n) is 12.7. The Hall–Kier alpha value is -3.26. The Morgan fingerprint density at radius 1 is 1.33 bits per heavy atom. The second kappa shape index (κ2) is 6.88. The van der Waals surface area contributed by atoms with E-state index in [1.807, 2.05) is 0 Å². The molecule has 24 heavy (non-hydrogen) atoms. The quantitative estimate of drug-likeness (QED) is 0.637. The van der Waals surface area contributed by atoms with Crippen LogP contribution in [0.15, 0.2) is 52.0 Å². The number of hydrogen-bond acceptors (Lipinski definition) is 6. The van der Waals surface area contributed by atoms with Crippen molar-refractivity contribution in [3.8, 4) is 11.5 Å². The highest BCUT2D eigenvalue weighted by Crippen LogP contribution is 2.17. The predicted molar refractivity (Wildman–Crippen MR) is 85.9 cm³/mol. The fourth-order valence-electron chi connectivity index (χ4n) is 2.15. The third kappa shape index (κ3) is 3.55. The molecule has 0 atom stereocenters. The summed E-state index contributed by atoms with van der Waals surface area (Å²) in [7, 11) is 0. The molecule has 0 saturated carbocycles. The second-order valence-electron chi connectivity index (χ2n) is 4.98. The maximum atomic E-state index is 12.3. The largest absolute Gasteiger partial charge is 0.463 e. The summed E-state index contributed by atoms with van der Waals surface area (Å²) in [5.41, 5.74) is 6.62. The Balaban J connectivity index is 1.73. The highest BCUT2D eigenvalue weighted by Gasteiger charge is 2.10. The first-order valence-electron chi connectivity index (χ1n) is 7.23. The molecule has 0 spiro atoms. The Bertz CT molecular complexity index is 902. The minimum atomic E-state index is -0.314. The van der Waals surface area contributed by atoms with E-state index in [1.165, 1.54) is 18.5 Å². The zero-order valence-corrected chi connectivity index (χ0v) is 12.7. The van der Waals surface area contributed by atoms with Crippen LogP contribution in [0.5, 0.6) is 0 Å². The van der Waals surface area contributed by atoms with Gasteiger partial charge in [0.25, 0.3) is 11.5 Å². The number of nitrogens with zero attached hydrogens (tertiary/aromatic N) is 2. The van der Waals surface area contributed by atoms with E-state index in [-0.39, 0.29) is 24.6 Å². The number of carbonyl (C=O) groups is 1. The zero-order chi connectivity index (χ0) is 16.9. The predicted octanol–water partition coefficient (Wildman–Crippen LogP) is 0.814. The van der Waals surface area contributed by atoms with Crippen LogP contribution in [0.25, 0.3) is 11.5 Å². The van der Waals surface area contributed by atoms with E-state index in [0.717, 1.165) is 0 Å². The second-order valence-corrected chi connectivity index (χ2v) is 4.98. The summed E-state index contributed by atoms with van der Waals surface area (Å²) in [5.74, 6) is 0.605. The number of nitrogens with two attached hydrogens (primary N) is 1. The van der Waals surface area contributed by atoms with Crippen LogP contribution in [0.3, 0.4) is 0 Å². The normalized spacial score (nSPS) is 10.5. The number of rotatable bonds is 5. The van der Waals surface area contributed by atoms with Gasteiger partial charge in [-0.15, -0.1) is 0 Å². The minimum Gasteiger partial charge on any atom is -0.463 e. The van der Waals surface area contributed by atoms with Gasteiger partial charge >= 0.3 is 0 Å². The third-order valence-electron chi connectivity index (χ3n) is 3.27. The molecule has 0 saturated heterocycles. The van der Waals surface area contributed by atoms with Gasteiger partial charge < -0.3 is 20.5 Å². The molecule has 1 amide bonds. The molecule has 0 aliphatic carbocycles. The number of hydrogen-bond donors (Lipinski definition) is 3. The Labute approximate surface area is 136 Å². The van der Waals surface area contributed by atoms with E-state index in [4.69, 9.17) is 10.2 Å². The topological polar surface area (TPSA) is 127 Å². The molecule has 4 N–H and O–H groups in total. The molecule has 0 bridgehead atoms. The van der Waals surface area contributed by atoms with Crippen LogP contribution in [-0.4, -0.2) is 20.9 Å². The Morgan fingerprint density at radius 2 is 2.21 bits per heavy atom. The van der Waals surface area contributed by atoms with Crippen molar-refractivity contribution < 1.29 is 9.21 Å². The molecule has 122 valence electrons. The fourth-order valence-corrected chi connectivity index (χ4v) is 2.15. The van der Waals surface area contributed by atoms with Crippen molar-refractivity contribution in [1.82, 2.24) is 20.3 Å². The van der Waals surface area contributed by atoms with E-state index in [2.05, 4.69) is 20.3 Å². The summed E-state index contributed by atoms with van der Waals surface area (Å²) >= 11 is 0. The maximum absolute atomic E-state index is 12.3. The van der Waals surface area contributed by atoms with Gasteiger partial charge in [-0.1, -0.05) is 0 Å². The molecule has 8 heteroatoms. The lowest BCUT2D eigenvalue weighted by atomic mass is 10.2. The SMILES string of the molecule is NCc1cc(=O)[nH]c(CNC(=O)c2ccnc(-c3ccco3)c2)n1. The van der Waals surface area contributed by atoms with Crippen molar-refractivity contribution in [2.75, 3.05) is 0 Å². The third-order valence-corrected chi connectivity index (χ3v) is 3.27. The van der Waals surface area contributed by atoms with Crippen molar-refractivity contribution >= 4 is 5.91 Å². The fraction of sp³-hybridized carbons (Fsp3) is 0.125. The van der Waals surface area contributed by atoms with Crippen molar-refractivity contribution in [2.24, 2.45) is 5.73 Å². The van der Waals surface area contributed by atoms with Gasteiger partial charge in [-0.05, 0) is 24.3 Å². The summed E-state index contributed by atoms with van der Waals surface area (Å²) in [4.78, 5) is 34.6. The highest BCUT2D eigenvalue weighted by atomic mass is 16.3. The molecule has 0 aliphatic rings. The summed E-state index contributed by atoms with van der Waals surface area (Å²) < 4.78 is 5.27. The summed E-state index contributed by atoms with van der Waals surface area (Å²) in [6.45, 7) is 0.238. The monoisotopic (exact) mass is 325 g/mol. The number of furan rings is 1. The minimum absolute atomic E-state index is 0.0837. The molecule has 3 aromatic rings. The average molecular weight is 325 g/mol. The number of carbonyl (C=O) groups excluding carboxylic acids is 1. The van der Waals surface area contributed by atoms with Crippen molar-refractivity contribution in [3.05, 3.63) is 70.2 Å². The highest BCUT2D eigenvalue weighted by molar-refractivity contribution is 5.94. The first kappa shape index (κ1) is 15.6. The number of pyridine rings is 1. The molecule has 0 aromatic carbocycles. The van der Waals surface area contributed by atoms with Crippen LogP contribution < -0.4 is 16.6 Å². The number of aromatic amines is 1. The van der Waals surface area contributed by atoms with Crippen molar-refractivity contribution in [1.29, 1.82) is 0 Å². The van der Waals surface area contributed by atoms with Gasteiger partial charge in [0.15, 0.2) is 5.76 Å². The van der Waals surface area contributed by atoms with Gasteiger partial charge in [0.2, 0.25) is 0 Å². The summed E-state index contributed by atoms with van der Waals surface area (Å²) in [5, 5.41) is 2.70. The molecular formula is C16H15N5O3. The molecular weight excluding hydrogens is 310 g/mol. The van der Waals surface area contributed by atoms with Gasteiger partial charge in [-0.3, -0.25) is 14.6 Å². The van der Waals surface area contributed by atoms with Crippen LogP contribution in [0.1, 0.15) is 21.9 Å². The lowest BCUT2D eigenvalue weighted by Gasteiger charge is -2.06. The Morgan fingerprint density at radius 3 is 2.96 bits per heavy atom. The molecule has 8 nitrogen and oxygen atoms in total. The number of H-pyrrole nitrogens is 1. The van der Waals surface area contributed by atoms with Gasteiger partial charge in [0, 0.05) is 24.4 Å². The van der Waals surface area contributed by atoms with Crippen LogP contribution in [0, 0.1) is 0 Å². The van der Waals surface area contributed by atoms with Gasteiger partial charge in [-0.25, -0.2) is 4.98 Å². The lowest BCUT2D eigenvalue weighted by molar-refractivity contribution is 0.0949. The maximum Gasteiger partial charge on any atom is 0.251 e. The molecule has 0 aliphatic heterocycles. The molecule has 3 heterocycles. The molecule has 0 fully saturated rings. The summed E-state index contributed by atoms with van der Waals surface area (Å²) in [6.07, 6.45) is 3.07. The van der Waals surface area contributed by atoms with E-state index >= 15 is 0 Å². The number of nitrogens with one attached hydrogen (secondary N) is 2. The first-order valence-corrected chi connectivity index (χ1v) is 7.23. The van der Waals surface area contributed by atoms with Crippen LogP contribution in [0.4, 0.5) is 0 Å². The van der Waals surface area contributed by atoms with Gasteiger partial charge in [0.1, 0.15) is 11.5 Å². The average Bonchev–Trinajstić information content (AvgIpc) is 3.14. The Kier molecular flexibility index (Phi) is 4.48. The van der Waals surface area contributed by atoms with Gasteiger partial charge in [0.05, 0.1) is 18.5 Å². The van der Waals surface area contributed by atoms with E-state index in [9.17, 15) is 9.59 Å². The summed E-state index contributed by atoms with van der Waals surface area (Å²) in [6, 6.07) is 8.05. The molecule has 3 rings (SSSR count). The van der Waals surface area contributed by atoms with Crippen LogP contribution in [-0.2, 0) is 13.1 Å². The standard InChI is InChI=1S/C16H15N5O3/c17-8-11-7-15(22)21-14(20-11)9-19-16(23)10-3-4-18-12(6-10)13-2-1-5-24-13/h1-7H,8-9,17H2,(H,19,23)(H,20,21,22). The smallest absolute Gasteiger partial charge is 0.251 e. The van der Waals surface area contributed by atoms with Crippen molar-refractivity contribution in [3.63, 3.8) is 0 Å². The van der Waals surface area contributed by atoms with E-state index in [0.29, 0.717) is 28.5 Å². The van der Waals surface area contributed by atoms with E-state index < -0.39 is 0 Å². The number of aromatic nitrogens is 3. The molecule has 3 aromatic heterocycles. The first-order chi connectivity index (χ1) is 11.7. The lowest BCUT2D eigenvalue weighted by Crippen LogP contribution is -2.26. The van der Waals surface area contributed by atoms with Crippen LogP contribution in [0.2, 0.25) is 0 Å². The molecule has 0 unspecified atom stereocenters. The molecule has 0 radical (unpaired) electrons. The number of amides is 1. The van der Waals surface area contributed by atoms with Crippen molar-refractivity contribution in [2.45, 2.75) is 13.1 Å². The van der Waals surface area contributed by atoms with E-state index in [1.54, 1.807) is 24.3 Å². The van der Waals surface area contributed by atoms with Crippen LogP contribution >= 0.6 is 0 Å². The van der Waals surface area contributed by atoms with Gasteiger partial charge in [-0.2, -0.15) is 0 Å².